The summed E-state index contributed by atoms with van der Waals surface area (Å²) in [5.41, 5.74) is 0.0132. The van der Waals surface area contributed by atoms with Crippen molar-refractivity contribution in [1.82, 2.24) is 9.88 Å². The Kier molecular flexibility index (Phi) is 3.20. The number of H-pyrrole nitrogens is 1. The van der Waals surface area contributed by atoms with E-state index in [9.17, 15) is 14.7 Å². The van der Waals surface area contributed by atoms with Crippen molar-refractivity contribution in [1.29, 1.82) is 0 Å². The van der Waals surface area contributed by atoms with Crippen molar-refractivity contribution in [3.8, 4) is 0 Å². The zero-order chi connectivity index (χ0) is 13.5. The largest absolute Gasteiger partial charge is 0.444 e. The molecule has 1 amide bonds. The van der Waals surface area contributed by atoms with Gasteiger partial charge in [-0.25, -0.2) is 4.79 Å². The second-order valence-electron chi connectivity index (χ2n) is 5.23. The summed E-state index contributed by atoms with van der Waals surface area (Å²) < 4.78 is 5.23. The topological polar surface area (TPSA) is 82.6 Å². The van der Waals surface area contributed by atoms with Crippen LogP contribution in [0.25, 0.3) is 0 Å². The Morgan fingerprint density at radius 3 is 2.83 bits per heavy atom. The number of aliphatic hydroxyl groups excluding tert-OH is 1. The predicted octanol–water partition coefficient (Wildman–Crippen LogP) is 1.22. The van der Waals surface area contributed by atoms with Crippen LogP contribution in [0, 0.1) is 0 Å². The molecule has 0 aliphatic carbocycles. The minimum Gasteiger partial charge on any atom is -0.444 e. The Bertz CT molecular complexity index is 514. The number of fused-ring (bicyclic) bond motifs is 1. The fourth-order valence-corrected chi connectivity index (χ4v) is 2.59. The molecule has 18 heavy (non-hydrogen) atoms. The smallest absolute Gasteiger partial charge is 0.410 e. The zero-order valence-corrected chi connectivity index (χ0v) is 11.3. The monoisotopic (exact) mass is 272 g/mol. The van der Waals surface area contributed by atoms with Crippen LogP contribution in [0.2, 0.25) is 0 Å². The number of amides is 1. The quantitative estimate of drug-likeness (QED) is 0.744. The molecule has 0 spiro atoms. The number of ether oxygens (including phenoxy) is 1. The van der Waals surface area contributed by atoms with Gasteiger partial charge in [0.2, 0.25) is 0 Å². The van der Waals surface area contributed by atoms with Crippen LogP contribution in [0.15, 0.2) is 4.79 Å². The number of carbonyl (C=O) groups excluding carboxylic acids is 1. The number of aliphatic hydroxyl groups is 1. The van der Waals surface area contributed by atoms with E-state index in [1.54, 1.807) is 20.8 Å². The van der Waals surface area contributed by atoms with Crippen LogP contribution in [0.1, 0.15) is 37.4 Å². The number of β-amino-alcohol motifs (C(OH)–C–C–N with tert-alkyl or cyclic N) is 1. The van der Waals surface area contributed by atoms with E-state index in [0.717, 1.165) is 11.3 Å². The summed E-state index contributed by atoms with van der Waals surface area (Å²) in [6.07, 6.45) is -1.32. The van der Waals surface area contributed by atoms with Crippen molar-refractivity contribution < 1.29 is 14.6 Å². The molecule has 1 unspecified atom stereocenters. The van der Waals surface area contributed by atoms with Gasteiger partial charge in [-0.15, -0.1) is 0 Å². The lowest BCUT2D eigenvalue weighted by Gasteiger charge is -2.31. The van der Waals surface area contributed by atoms with Gasteiger partial charge < -0.3 is 14.8 Å². The third kappa shape index (κ3) is 2.73. The normalized spacial score (nSPS) is 19.6. The maximum Gasteiger partial charge on any atom is 0.410 e. The summed E-state index contributed by atoms with van der Waals surface area (Å²) >= 11 is 0.985. The first-order valence-corrected chi connectivity index (χ1v) is 6.46. The van der Waals surface area contributed by atoms with Gasteiger partial charge in [0.1, 0.15) is 11.7 Å². The first-order valence-electron chi connectivity index (χ1n) is 5.64. The van der Waals surface area contributed by atoms with Gasteiger partial charge in [0.15, 0.2) is 0 Å². The first kappa shape index (κ1) is 13.1. The number of hydrogen-bond donors (Lipinski definition) is 2. The second kappa shape index (κ2) is 4.40. The molecule has 7 heteroatoms. The molecule has 2 heterocycles. The van der Waals surface area contributed by atoms with Crippen molar-refractivity contribution in [3.63, 3.8) is 0 Å². The van der Waals surface area contributed by atoms with Gasteiger partial charge in [-0.2, -0.15) is 0 Å². The molecule has 1 aromatic rings. The summed E-state index contributed by atoms with van der Waals surface area (Å²) in [6, 6.07) is 0. The molecule has 0 aromatic carbocycles. The maximum atomic E-state index is 11.9. The number of nitrogens with zero attached hydrogens (tertiary/aromatic N) is 1. The lowest BCUT2D eigenvalue weighted by molar-refractivity contribution is 0.00844. The van der Waals surface area contributed by atoms with Crippen LogP contribution < -0.4 is 4.87 Å². The van der Waals surface area contributed by atoms with E-state index in [4.69, 9.17) is 4.74 Å². The molecule has 2 N–H and O–H groups in total. The molecule has 1 aliphatic heterocycles. The number of rotatable bonds is 0. The average molecular weight is 272 g/mol. The standard InChI is InChI=1S/C11H16N2O4S/c1-11(2,3)17-10(16)13-4-6-8(7(14)5-13)18-9(15)12-6/h7,14H,4-5H2,1-3H3,(H,12,15). The molecule has 100 valence electrons. The van der Waals surface area contributed by atoms with Gasteiger partial charge in [-0.1, -0.05) is 11.3 Å². The van der Waals surface area contributed by atoms with Crippen LogP contribution in [0.3, 0.4) is 0 Å². The molecular formula is C11H16N2O4S. The van der Waals surface area contributed by atoms with Crippen molar-refractivity contribution >= 4 is 17.4 Å². The summed E-state index contributed by atoms with van der Waals surface area (Å²) in [5.74, 6) is 0. The first-order chi connectivity index (χ1) is 8.26. The van der Waals surface area contributed by atoms with Crippen LogP contribution in [-0.2, 0) is 11.3 Å². The zero-order valence-electron chi connectivity index (χ0n) is 10.5. The fraction of sp³-hybridized carbons (Fsp3) is 0.636. The summed E-state index contributed by atoms with van der Waals surface area (Å²) in [7, 11) is 0. The van der Waals surface area contributed by atoms with E-state index in [1.807, 2.05) is 0 Å². The highest BCUT2D eigenvalue weighted by molar-refractivity contribution is 7.09. The molecule has 1 atom stereocenters. The highest BCUT2D eigenvalue weighted by Crippen LogP contribution is 2.28. The highest BCUT2D eigenvalue weighted by Gasteiger charge is 2.31. The summed E-state index contributed by atoms with van der Waals surface area (Å²) in [4.78, 5) is 27.5. The Labute approximate surface area is 108 Å². The highest BCUT2D eigenvalue weighted by atomic mass is 32.1. The van der Waals surface area contributed by atoms with Crippen LogP contribution in [0.5, 0.6) is 0 Å². The number of aromatic amines is 1. The molecule has 6 nitrogen and oxygen atoms in total. The third-order valence-corrected chi connectivity index (χ3v) is 3.48. The average Bonchev–Trinajstić information content (AvgIpc) is 2.56. The van der Waals surface area contributed by atoms with Crippen molar-refractivity contribution in [3.05, 3.63) is 20.2 Å². The molecule has 1 aliphatic rings. The fourth-order valence-electron chi connectivity index (χ4n) is 1.77. The summed E-state index contributed by atoms with van der Waals surface area (Å²) in [6.45, 7) is 5.76. The van der Waals surface area contributed by atoms with E-state index in [-0.39, 0.29) is 18.0 Å². The van der Waals surface area contributed by atoms with E-state index in [0.29, 0.717) is 10.6 Å². The van der Waals surface area contributed by atoms with Gasteiger partial charge >= 0.3 is 11.0 Å². The van der Waals surface area contributed by atoms with Gasteiger partial charge in [-0.3, -0.25) is 9.69 Å². The predicted molar refractivity (Wildman–Crippen MR) is 66.5 cm³/mol. The molecule has 0 saturated heterocycles. The van der Waals surface area contributed by atoms with Gasteiger partial charge in [0.05, 0.1) is 23.7 Å². The van der Waals surface area contributed by atoms with Gasteiger partial charge in [0.25, 0.3) is 0 Å². The van der Waals surface area contributed by atoms with Crippen molar-refractivity contribution in [2.24, 2.45) is 0 Å². The lowest BCUT2D eigenvalue weighted by atomic mass is 10.1. The number of nitrogens with one attached hydrogen (secondary N) is 1. The van der Waals surface area contributed by atoms with E-state index in [2.05, 4.69) is 4.98 Å². The molecule has 2 rings (SSSR count). The number of carbonyl (C=O) groups is 1. The molecule has 0 bridgehead atoms. The third-order valence-electron chi connectivity index (χ3n) is 2.45. The number of aromatic nitrogens is 1. The minimum atomic E-state index is -0.829. The lowest BCUT2D eigenvalue weighted by Crippen LogP contribution is -2.41. The molecule has 1 aromatic heterocycles. The van der Waals surface area contributed by atoms with Crippen LogP contribution in [0.4, 0.5) is 4.79 Å². The van der Waals surface area contributed by atoms with E-state index in [1.165, 1.54) is 4.90 Å². The van der Waals surface area contributed by atoms with Crippen LogP contribution in [-0.4, -0.2) is 33.2 Å². The Morgan fingerprint density at radius 2 is 2.22 bits per heavy atom. The van der Waals surface area contributed by atoms with Gasteiger partial charge in [-0.05, 0) is 20.8 Å². The SMILES string of the molecule is CC(C)(C)OC(=O)N1Cc2[nH]c(=O)sc2C(O)C1. The Hall–Kier alpha value is -1.34. The number of hydrogen-bond acceptors (Lipinski definition) is 5. The number of thiazole rings is 1. The molecule has 0 fully saturated rings. The molecular weight excluding hydrogens is 256 g/mol. The van der Waals surface area contributed by atoms with E-state index >= 15 is 0 Å². The molecule has 0 saturated carbocycles. The maximum absolute atomic E-state index is 11.9. The van der Waals surface area contributed by atoms with Gasteiger partial charge in [0, 0.05) is 0 Å². The Morgan fingerprint density at radius 1 is 1.56 bits per heavy atom. The van der Waals surface area contributed by atoms with Crippen molar-refractivity contribution in [2.75, 3.05) is 6.54 Å². The van der Waals surface area contributed by atoms with Crippen LogP contribution >= 0.6 is 11.3 Å². The van der Waals surface area contributed by atoms with E-state index < -0.39 is 17.8 Å². The minimum absolute atomic E-state index is 0.149. The Balaban J connectivity index is 2.15. The summed E-state index contributed by atoms with van der Waals surface area (Å²) in [5, 5.41) is 9.89. The second-order valence-corrected chi connectivity index (χ2v) is 6.25. The van der Waals surface area contributed by atoms with Crippen molar-refractivity contribution in [2.45, 2.75) is 39.0 Å². The molecule has 0 radical (unpaired) electrons.